The number of carbonyl (C=O) groups excluding carboxylic acids is 1. The van der Waals surface area contributed by atoms with Gasteiger partial charge >= 0.3 is 0 Å². The van der Waals surface area contributed by atoms with Gasteiger partial charge in [0.2, 0.25) is 0 Å². The lowest BCUT2D eigenvalue weighted by Gasteiger charge is -2.32. The molecule has 0 aliphatic heterocycles. The standard InChI is InChI=1S/C25H29ClN2O3S/c1-16(2)18(4)28(25(30)19-7-5-17(3)6-8-19)12-20-11-21(26)9-10-23(20)31-14-24-27-22(13-29)15-32-24/h5-11,15-16,18,29H,12-14H2,1-4H3/t18-/m0/s1. The molecule has 1 amide bonds. The summed E-state index contributed by atoms with van der Waals surface area (Å²) in [4.78, 5) is 19.6. The maximum Gasteiger partial charge on any atom is 0.254 e. The molecule has 3 rings (SSSR count). The first-order chi connectivity index (χ1) is 15.3. The van der Waals surface area contributed by atoms with E-state index >= 15 is 0 Å². The Morgan fingerprint density at radius 2 is 1.91 bits per heavy atom. The number of nitrogens with zero attached hydrogens (tertiary/aromatic N) is 2. The smallest absolute Gasteiger partial charge is 0.254 e. The number of aryl methyl sites for hydroxylation is 1. The van der Waals surface area contributed by atoms with Gasteiger partial charge in [-0.1, -0.05) is 43.1 Å². The van der Waals surface area contributed by atoms with Crippen molar-refractivity contribution < 1.29 is 14.6 Å². The number of amides is 1. The number of thiazole rings is 1. The van der Waals surface area contributed by atoms with E-state index in [1.165, 1.54) is 11.3 Å². The van der Waals surface area contributed by atoms with Crippen molar-refractivity contribution in [1.29, 1.82) is 0 Å². The van der Waals surface area contributed by atoms with E-state index in [1.807, 2.05) is 53.6 Å². The van der Waals surface area contributed by atoms with Crippen molar-refractivity contribution in [2.45, 2.75) is 53.5 Å². The zero-order valence-electron chi connectivity index (χ0n) is 18.8. The van der Waals surface area contributed by atoms with Crippen LogP contribution in [0, 0.1) is 12.8 Å². The summed E-state index contributed by atoms with van der Waals surface area (Å²) in [6.07, 6.45) is 0. The molecule has 0 aliphatic rings. The lowest BCUT2D eigenvalue weighted by atomic mass is 10.0. The SMILES string of the molecule is Cc1ccc(C(=O)N(Cc2cc(Cl)ccc2OCc2nc(CO)cs2)[C@@H](C)C(C)C)cc1. The molecule has 0 unspecified atom stereocenters. The van der Waals surface area contributed by atoms with E-state index in [4.69, 9.17) is 16.3 Å². The van der Waals surface area contributed by atoms with E-state index in [2.05, 4.69) is 25.8 Å². The molecule has 0 bridgehead atoms. The van der Waals surface area contributed by atoms with Gasteiger partial charge in [-0.3, -0.25) is 4.79 Å². The highest BCUT2D eigenvalue weighted by Crippen LogP contribution is 2.28. The topological polar surface area (TPSA) is 62.7 Å². The second-order valence-electron chi connectivity index (χ2n) is 8.22. The zero-order chi connectivity index (χ0) is 23.3. The van der Waals surface area contributed by atoms with Crippen LogP contribution in [0.3, 0.4) is 0 Å². The van der Waals surface area contributed by atoms with E-state index in [0.717, 1.165) is 16.1 Å². The molecule has 0 aliphatic carbocycles. The molecule has 1 heterocycles. The monoisotopic (exact) mass is 472 g/mol. The highest BCUT2D eigenvalue weighted by molar-refractivity contribution is 7.09. The third-order valence-electron chi connectivity index (χ3n) is 5.49. The van der Waals surface area contributed by atoms with Gasteiger partial charge < -0.3 is 14.7 Å². The summed E-state index contributed by atoms with van der Waals surface area (Å²) in [7, 11) is 0. The Kier molecular flexibility index (Phi) is 8.29. The van der Waals surface area contributed by atoms with Crippen LogP contribution in [0.1, 0.15) is 53.0 Å². The van der Waals surface area contributed by atoms with Gasteiger partial charge in [-0.25, -0.2) is 4.98 Å². The molecule has 0 saturated heterocycles. The fourth-order valence-electron chi connectivity index (χ4n) is 3.25. The summed E-state index contributed by atoms with van der Waals surface area (Å²) in [6.45, 7) is 8.85. The number of benzene rings is 2. The number of carbonyl (C=O) groups is 1. The number of hydrogen-bond acceptors (Lipinski definition) is 5. The van der Waals surface area contributed by atoms with Gasteiger partial charge in [-0.05, 0) is 50.1 Å². The van der Waals surface area contributed by atoms with Gasteiger partial charge in [0.1, 0.15) is 17.4 Å². The molecule has 1 N–H and O–H groups in total. The average Bonchev–Trinajstić information content (AvgIpc) is 3.24. The first-order valence-electron chi connectivity index (χ1n) is 10.6. The molecular formula is C25H29ClN2O3S. The maximum atomic E-state index is 13.4. The van der Waals surface area contributed by atoms with Crippen LogP contribution in [-0.4, -0.2) is 26.9 Å². The Morgan fingerprint density at radius 1 is 1.19 bits per heavy atom. The van der Waals surface area contributed by atoms with Crippen LogP contribution >= 0.6 is 22.9 Å². The Morgan fingerprint density at radius 3 is 2.53 bits per heavy atom. The first-order valence-corrected chi connectivity index (χ1v) is 11.9. The second-order valence-corrected chi connectivity index (χ2v) is 9.59. The summed E-state index contributed by atoms with van der Waals surface area (Å²) >= 11 is 7.74. The highest BCUT2D eigenvalue weighted by Gasteiger charge is 2.25. The minimum Gasteiger partial charge on any atom is -0.486 e. The van der Waals surface area contributed by atoms with Crippen molar-refractivity contribution in [3.63, 3.8) is 0 Å². The van der Waals surface area contributed by atoms with Crippen molar-refractivity contribution in [2.24, 2.45) is 5.92 Å². The summed E-state index contributed by atoms with van der Waals surface area (Å²) in [5, 5.41) is 12.4. The molecular weight excluding hydrogens is 444 g/mol. The molecule has 0 radical (unpaired) electrons. The largest absolute Gasteiger partial charge is 0.486 e. The lowest BCUT2D eigenvalue weighted by molar-refractivity contribution is 0.0625. The first kappa shape index (κ1) is 24.2. The van der Waals surface area contributed by atoms with Crippen molar-refractivity contribution in [1.82, 2.24) is 9.88 Å². The molecule has 1 aromatic heterocycles. The number of rotatable bonds is 9. The molecule has 0 spiro atoms. The van der Waals surface area contributed by atoms with Crippen LogP contribution < -0.4 is 4.74 Å². The van der Waals surface area contributed by atoms with Gasteiger partial charge in [-0.2, -0.15) is 0 Å². The lowest BCUT2D eigenvalue weighted by Crippen LogP contribution is -2.41. The van der Waals surface area contributed by atoms with Crippen LogP contribution in [-0.2, 0) is 19.8 Å². The number of aliphatic hydroxyl groups excluding tert-OH is 1. The summed E-state index contributed by atoms with van der Waals surface area (Å²) in [6, 6.07) is 13.1. The molecule has 1 atom stereocenters. The third kappa shape index (κ3) is 6.09. The fraction of sp³-hybridized carbons (Fsp3) is 0.360. The molecule has 7 heteroatoms. The van der Waals surface area contributed by atoms with Crippen LogP contribution in [0.5, 0.6) is 5.75 Å². The van der Waals surface area contributed by atoms with E-state index in [-0.39, 0.29) is 31.1 Å². The van der Waals surface area contributed by atoms with Gasteiger partial charge in [-0.15, -0.1) is 11.3 Å². The van der Waals surface area contributed by atoms with Crippen LogP contribution in [0.4, 0.5) is 0 Å². The molecule has 170 valence electrons. The minimum absolute atomic E-state index is 0.0155. The molecule has 2 aromatic carbocycles. The Bertz CT molecular complexity index is 1050. The van der Waals surface area contributed by atoms with E-state index in [9.17, 15) is 9.90 Å². The van der Waals surface area contributed by atoms with Crippen LogP contribution in [0.15, 0.2) is 47.8 Å². The maximum absolute atomic E-state index is 13.4. The quantitative estimate of drug-likeness (QED) is 0.423. The third-order valence-corrected chi connectivity index (χ3v) is 6.60. The molecule has 3 aromatic rings. The predicted octanol–water partition coefficient (Wildman–Crippen LogP) is 5.86. The van der Waals surface area contributed by atoms with Crippen molar-refractivity contribution in [3.05, 3.63) is 80.3 Å². The summed E-state index contributed by atoms with van der Waals surface area (Å²) in [5.74, 6) is 0.914. The summed E-state index contributed by atoms with van der Waals surface area (Å²) < 4.78 is 6.05. The fourth-order valence-corrected chi connectivity index (χ4v) is 4.14. The number of hydrogen-bond donors (Lipinski definition) is 1. The second kappa shape index (κ2) is 10.9. The Labute approximate surface area is 198 Å². The predicted molar refractivity (Wildman–Crippen MR) is 129 cm³/mol. The Hall–Kier alpha value is -2.41. The number of halogens is 1. The van der Waals surface area contributed by atoms with Crippen LogP contribution in [0.25, 0.3) is 0 Å². The number of ether oxygens (including phenoxy) is 1. The number of aliphatic hydroxyl groups is 1. The van der Waals surface area contributed by atoms with Crippen molar-refractivity contribution in [2.75, 3.05) is 0 Å². The molecule has 32 heavy (non-hydrogen) atoms. The normalized spacial score (nSPS) is 12.1. The van der Waals surface area contributed by atoms with Gasteiger partial charge in [0.25, 0.3) is 5.91 Å². The average molecular weight is 473 g/mol. The highest BCUT2D eigenvalue weighted by atomic mass is 35.5. The van der Waals surface area contributed by atoms with E-state index in [0.29, 0.717) is 28.6 Å². The van der Waals surface area contributed by atoms with Gasteiger partial charge in [0, 0.05) is 34.1 Å². The van der Waals surface area contributed by atoms with Crippen molar-refractivity contribution in [3.8, 4) is 5.75 Å². The molecule has 5 nitrogen and oxygen atoms in total. The van der Waals surface area contributed by atoms with E-state index < -0.39 is 0 Å². The summed E-state index contributed by atoms with van der Waals surface area (Å²) in [5.41, 5.74) is 3.24. The minimum atomic E-state index is -0.0914. The number of aromatic nitrogens is 1. The Balaban J connectivity index is 1.86. The molecule has 0 fully saturated rings. The van der Waals surface area contributed by atoms with Crippen molar-refractivity contribution >= 4 is 28.8 Å². The van der Waals surface area contributed by atoms with Gasteiger partial charge in [0.15, 0.2) is 0 Å². The van der Waals surface area contributed by atoms with Crippen LogP contribution in [0.2, 0.25) is 5.02 Å². The molecule has 0 saturated carbocycles. The zero-order valence-corrected chi connectivity index (χ0v) is 20.4. The van der Waals surface area contributed by atoms with Gasteiger partial charge in [0.05, 0.1) is 12.3 Å². The van der Waals surface area contributed by atoms with E-state index in [1.54, 1.807) is 6.07 Å².